The molecule has 1 aliphatic carbocycles. The summed E-state index contributed by atoms with van der Waals surface area (Å²) in [6.07, 6.45) is 4.57. The molecule has 0 bridgehead atoms. The van der Waals surface area contributed by atoms with Crippen molar-refractivity contribution in [1.82, 2.24) is 4.90 Å². The molecule has 166 valence electrons. The van der Waals surface area contributed by atoms with Gasteiger partial charge in [0.05, 0.1) is 6.61 Å². The van der Waals surface area contributed by atoms with Crippen LogP contribution in [0.15, 0.2) is 23.3 Å². The third kappa shape index (κ3) is 5.56. The predicted molar refractivity (Wildman–Crippen MR) is 108 cm³/mol. The van der Waals surface area contributed by atoms with Crippen LogP contribution >= 0.6 is 0 Å². The maximum atomic E-state index is 13.0. The Hall–Kier alpha value is -2.48. The quantitative estimate of drug-likeness (QED) is 0.270. The van der Waals surface area contributed by atoms with Crippen molar-refractivity contribution in [2.24, 2.45) is 17.8 Å². The van der Waals surface area contributed by atoms with Gasteiger partial charge in [0.1, 0.15) is 6.61 Å². The van der Waals surface area contributed by atoms with Gasteiger partial charge in [0.2, 0.25) is 11.8 Å². The fourth-order valence-electron chi connectivity index (χ4n) is 4.16. The van der Waals surface area contributed by atoms with Gasteiger partial charge in [-0.25, -0.2) is 9.69 Å². The molecule has 0 spiro atoms. The Morgan fingerprint density at radius 3 is 2.50 bits per heavy atom. The SMILES string of the molecule is C/C=C1/CC(C(C)C2CCC(=O)N(COC(=O)OCCOC)C2=O)CC(=O)/C1=C/C. The van der Waals surface area contributed by atoms with E-state index >= 15 is 0 Å². The summed E-state index contributed by atoms with van der Waals surface area (Å²) in [5, 5.41) is 0. The summed E-state index contributed by atoms with van der Waals surface area (Å²) in [5.74, 6) is -1.12. The van der Waals surface area contributed by atoms with Crippen molar-refractivity contribution in [2.75, 3.05) is 27.1 Å². The van der Waals surface area contributed by atoms with Crippen LogP contribution in [0.2, 0.25) is 0 Å². The number of carbonyl (C=O) groups is 4. The van der Waals surface area contributed by atoms with Crippen molar-refractivity contribution < 1.29 is 33.4 Å². The lowest BCUT2D eigenvalue weighted by atomic mass is 9.69. The first kappa shape index (κ1) is 23.8. The Morgan fingerprint density at radius 1 is 1.13 bits per heavy atom. The van der Waals surface area contributed by atoms with E-state index < -0.39 is 18.8 Å². The molecule has 0 aromatic carbocycles. The average molecular weight is 421 g/mol. The van der Waals surface area contributed by atoms with E-state index in [1.165, 1.54) is 7.11 Å². The Labute approximate surface area is 177 Å². The number of rotatable bonds is 7. The van der Waals surface area contributed by atoms with Gasteiger partial charge >= 0.3 is 6.16 Å². The number of Topliss-reactive ketones (excluding diaryl/α,β-unsaturated/α-hetero) is 1. The molecule has 1 heterocycles. The van der Waals surface area contributed by atoms with E-state index in [2.05, 4.69) is 0 Å². The van der Waals surface area contributed by atoms with Crippen molar-refractivity contribution in [3.05, 3.63) is 23.3 Å². The lowest BCUT2D eigenvalue weighted by molar-refractivity contribution is -0.159. The fourth-order valence-corrected chi connectivity index (χ4v) is 4.16. The second-order valence-electron chi connectivity index (χ2n) is 7.64. The number of nitrogens with zero attached hydrogens (tertiary/aromatic N) is 1. The first-order valence-corrected chi connectivity index (χ1v) is 10.3. The number of piperidine rings is 1. The van der Waals surface area contributed by atoms with Crippen molar-refractivity contribution in [3.8, 4) is 0 Å². The smallest absolute Gasteiger partial charge is 0.432 e. The van der Waals surface area contributed by atoms with Crippen LogP contribution in [0, 0.1) is 17.8 Å². The van der Waals surface area contributed by atoms with Crippen molar-refractivity contribution in [3.63, 3.8) is 0 Å². The molecule has 0 aromatic heterocycles. The number of amides is 2. The molecule has 2 amide bonds. The first-order chi connectivity index (χ1) is 14.3. The van der Waals surface area contributed by atoms with E-state index in [0.717, 1.165) is 22.5 Å². The summed E-state index contributed by atoms with van der Waals surface area (Å²) in [4.78, 5) is 50.3. The van der Waals surface area contributed by atoms with Crippen LogP contribution in [-0.2, 0) is 28.6 Å². The standard InChI is InChI=1S/C22H31NO7/c1-5-15-11-16(12-19(24)17(15)6-2)14(3)18-7-8-20(25)23(21(18)26)13-30-22(27)29-10-9-28-4/h5-6,14,16,18H,7-13H2,1-4H3/b15-5-,17-6+. The van der Waals surface area contributed by atoms with Crippen LogP contribution in [0.4, 0.5) is 4.79 Å². The van der Waals surface area contributed by atoms with Gasteiger partial charge in [-0.05, 0) is 44.1 Å². The molecule has 3 atom stereocenters. The normalized spacial score (nSPS) is 26.3. The largest absolute Gasteiger partial charge is 0.510 e. The summed E-state index contributed by atoms with van der Waals surface area (Å²) in [6, 6.07) is 0. The van der Waals surface area contributed by atoms with Crippen LogP contribution in [0.3, 0.4) is 0 Å². The van der Waals surface area contributed by atoms with Gasteiger partial charge in [0, 0.05) is 31.4 Å². The van der Waals surface area contributed by atoms with Crippen LogP contribution < -0.4 is 0 Å². The molecular weight excluding hydrogens is 390 g/mol. The number of carbonyl (C=O) groups excluding carboxylic acids is 4. The van der Waals surface area contributed by atoms with E-state index in [0.29, 0.717) is 12.8 Å². The summed E-state index contributed by atoms with van der Waals surface area (Å²) < 4.78 is 14.5. The first-order valence-electron chi connectivity index (χ1n) is 10.3. The maximum absolute atomic E-state index is 13.0. The molecule has 2 rings (SSSR count). The zero-order chi connectivity index (χ0) is 22.3. The molecular formula is C22H31NO7. The molecule has 2 aliphatic rings. The Kier molecular flexibility index (Phi) is 8.77. The second-order valence-corrected chi connectivity index (χ2v) is 7.64. The van der Waals surface area contributed by atoms with E-state index in [1.807, 2.05) is 32.9 Å². The summed E-state index contributed by atoms with van der Waals surface area (Å²) in [5.41, 5.74) is 1.76. The second kappa shape index (κ2) is 11.1. The Morgan fingerprint density at radius 2 is 1.87 bits per heavy atom. The minimum atomic E-state index is -0.961. The third-order valence-corrected chi connectivity index (χ3v) is 5.96. The zero-order valence-electron chi connectivity index (χ0n) is 18.1. The highest BCUT2D eigenvalue weighted by atomic mass is 16.7. The van der Waals surface area contributed by atoms with Gasteiger partial charge in [-0.1, -0.05) is 19.1 Å². The molecule has 1 saturated carbocycles. The molecule has 8 heteroatoms. The monoisotopic (exact) mass is 421 g/mol. The number of allylic oxidation sites excluding steroid dienone is 4. The lowest BCUT2D eigenvalue weighted by Gasteiger charge is -2.38. The van der Waals surface area contributed by atoms with Gasteiger partial charge in [-0.2, -0.15) is 0 Å². The van der Waals surface area contributed by atoms with Crippen molar-refractivity contribution in [2.45, 2.75) is 46.5 Å². The Balaban J connectivity index is 2.02. The minimum Gasteiger partial charge on any atom is -0.432 e. The summed E-state index contributed by atoms with van der Waals surface area (Å²) in [6.45, 7) is 5.50. The van der Waals surface area contributed by atoms with E-state index in [9.17, 15) is 19.2 Å². The maximum Gasteiger partial charge on any atom is 0.510 e. The van der Waals surface area contributed by atoms with Gasteiger partial charge < -0.3 is 14.2 Å². The highest BCUT2D eigenvalue weighted by Gasteiger charge is 2.42. The zero-order valence-corrected chi connectivity index (χ0v) is 18.1. The van der Waals surface area contributed by atoms with Crippen LogP contribution in [0.5, 0.6) is 0 Å². The van der Waals surface area contributed by atoms with Gasteiger partial charge in [-0.15, -0.1) is 0 Å². The molecule has 1 saturated heterocycles. The van der Waals surface area contributed by atoms with Crippen molar-refractivity contribution >= 4 is 23.8 Å². The van der Waals surface area contributed by atoms with E-state index in [1.54, 1.807) is 0 Å². The molecule has 0 radical (unpaired) electrons. The average Bonchev–Trinajstić information content (AvgIpc) is 2.72. The summed E-state index contributed by atoms with van der Waals surface area (Å²) in [7, 11) is 1.47. The van der Waals surface area contributed by atoms with Gasteiger partial charge in [0.25, 0.3) is 0 Å². The Bertz CT molecular complexity index is 740. The number of ketones is 1. The summed E-state index contributed by atoms with van der Waals surface area (Å²) >= 11 is 0. The molecule has 0 aromatic rings. The number of likely N-dealkylation sites (tertiary alicyclic amines) is 1. The highest BCUT2D eigenvalue weighted by Crippen LogP contribution is 2.40. The number of ether oxygens (including phenoxy) is 3. The molecule has 2 fully saturated rings. The molecule has 1 aliphatic heterocycles. The van der Waals surface area contributed by atoms with Gasteiger partial charge in [-0.3, -0.25) is 14.4 Å². The number of hydrogen-bond donors (Lipinski definition) is 0. The lowest BCUT2D eigenvalue weighted by Crippen LogP contribution is -2.49. The molecule has 8 nitrogen and oxygen atoms in total. The van der Waals surface area contributed by atoms with Crippen molar-refractivity contribution in [1.29, 1.82) is 0 Å². The third-order valence-electron chi connectivity index (χ3n) is 5.96. The predicted octanol–water partition coefficient (Wildman–Crippen LogP) is 3.02. The molecule has 0 N–H and O–H groups in total. The topological polar surface area (TPSA) is 99.2 Å². The molecule has 30 heavy (non-hydrogen) atoms. The van der Waals surface area contributed by atoms with Crippen LogP contribution in [-0.4, -0.2) is 55.7 Å². The van der Waals surface area contributed by atoms with Crippen LogP contribution in [0.1, 0.15) is 46.5 Å². The van der Waals surface area contributed by atoms with E-state index in [-0.39, 0.29) is 49.1 Å². The van der Waals surface area contributed by atoms with Crippen LogP contribution in [0.25, 0.3) is 0 Å². The minimum absolute atomic E-state index is 0.0219. The van der Waals surface area contributed by atoms with E-state index in [4.69, 9.17) is 14.2 Å². The van der Waals surface area contributed by atoms with Gasteiger partial charge in [0.15, 0.2) is 12.5 Å². The highest BCUT2D eigenvalue weighted by molar-refractivity contribution is 6.01. The number of imide groups is 1. The fraction of sp³-hybridized carbons (Fsp3) is 0.636. The molecule has 3 unspecified atom stereocenters. The number of methoxy groups -OCH3 is 1. The number of hydrogen-bond acceptors (Lipinski definition) is 7.